The van der Waals surface area contributed by atoms with Crippen molar-refractivity contribution in [2.75, 3.05) is 17.2 Å². The third-order valence-electron chi connectivity index (χ3n) is 2.67. The van der Waals surface area contributed by atoms with Crippen LogP contribution in [0.3, 0.4) is 0 Å². The number of nitrogens with one attached hydrogen (secondary N) is 2. The third-order valence-corrected chi connectivity index (χ3v) is 3.39. The minimum Gasteiger partial charge on any atom is -0.484 e. The standard InChI is InChI=1S/C16H15IN2O3/c1-11(20)18-13-4-6-14(7-5-13)19-16(21)10-22-15-8-2-12(17)3-9-15/h2-9H,10H2,1H3,(H,18,20)(H,19,21). The highest BCUT2D eigenvalue weighted by atomic mass is 127. The fourth-order valence-corrected chi connectivity index (χ4v) is 2.08. The summed E-state index contributed by atoms with van der Waals surface area (Å²) in [4.78, 5) is 22.7. The normalized spacial score (nSPS) is 9.91. The van der Waals surface area contributed by atoms with Gasteiger partial charge in [0.25, 0.3) is 5.91 Å². The summed E-state index contributed by atoms with van der Waals surface area (Å²) in [7, 11) is 0. The molecule has 0 aromatic heterocycles. The lowest BCUT2D eigenvalue weighted by Crippen LogP contribution is -2.20. The van der Waals surface area contributed by atoms with Crippen molar-refractivity contribution in [1.29, 1.82) is 0 Å². The Hall–Kier alpha value is -2.09. The van der Waals surface area contributed by atoms with E-state index in [9.17, 15) is 9.59 Å². The number of anilines is 2. The zero-order valence-electron chi connectivity index (χ0n) is 11.9. The third kappa shape index (κ3) is 5.36. The second-order valence-electron chi connectivity index (χ2n) is 4.55. The predicted octanol–water partition coefficient (Wildman–Crippen LogP) is 3.27. The van der Waals surface area contributed by atoms with E-state index < -0.39 is 0 Å². The Balaban J connectivity index is 1.83. The van der Waals surface area contributed by atoms with Gasteiger partial charge in [0.15, 0.2) is 6.61 Å². The Morgan fingerprint density at radius 2 is 1.50 bits per heavy atom. The van der Waals surface area contributed by atoms with Crippen molar-refractivity contribution < 1.29 is 14.3 Å². The molecule has 5 nitrogen and oxygen atoms in total. The van der Waals surface area contributed by atoms with Crippen molar-refractivity contribution in [2.24, 2.45) is 0 Å². The van der Waals surface area contributed by atoms with Crippen molar-refractivity contribution in [3.05, 3.63) is 52.1 Å². The van der Waals surface area contributed by atoms with Gasteiger partial charge in [-0.3, -0.25) is 9.59 Å². The van der Waals surface area contributed by atoms with Gasteiger partial charge in [0, 0.05) is 21.9 Å². The quantitative estimate of drug-likeness (QED) is 0.744. The van der Waals surface area contributed by atoms with Crippen molar-refractivity contribution >= 4 is 45.8 Å². The average Bonchev–Trinajstić information content (AvgIpc) is 2.48. The van der Waals surface area contributed by atoms with Gasteiger partial charge in [0.05, 0.1) is 0 Å². The molecule has 0 atom stereocenters. The molecule has 0 radical (unpaired) electrons. The molecule has 2 aromatic carbocycles. The Bertz CT molecular complexity index is 654. The lowest BCUT2D eigenvalue weighted by atomic mass is 10.2. The molecule has 0 saturated carbocycles. The maximum Gasteiger partial charge on any atom is 0.262 e. The number of halogens is 1. The minimum atomic E-state index is -0.245. The topological polar surface area (TPSA) is 67.4 Å². The molecule has 22 heavy (non-hydrogen) atoms. The fourth-order valence-electron chi connectivity index (χ4n) is 1.72. The van der Waals surface area contributed by atoms with Crippen LogP contribution in [0, 0.1) is 3.57 Å². The number of benzene rings is 2. The molecular formula is C16H15IN2O3. The van der Waals surface area contributed by atoms with Crippen LogP contribution in [-0.2, 0) is 9.59 Å². The van der Waals surface area contributed by atoms with Gasteiger partial charge in [-0.2, -0.15) is 0 Å². The summed E-state index contributed by atoms with van der Waals surface area (Å²) >= 11 is 2.20. The van der Waals surface area contributed by atoms with Crippen molar-refractivity contribution in [3.8, 4) is 5.75 Å². The van der Waals surface area contributed by atoms with Crippen LogP contribution in [0.2, 0.25) is 0 Å². The molecule has 2 aromatic rings. The Morgan fingerprint density at radius 1 is 0.955 bits per heavy atom. The van der Waals surface area contributed by atoms with E-state index in [1.54, 1.807) is 24.3 Å². The molecule has 0 aliphatic rings. The zero-order chi connectivity index (χ0) is 15.9. The smallest absolute Gasteiger partial charge is 0.262 e. The molecule has 0 unspecified atom stereocenters. The van der Waals surface area contributed by atoms with E-state index in [4.69, 9.17) is 4.74 Å². The summed E-state index contributed by atoms with van der Waals surface area (Å²) in [6.07, 6.45) is 0. The minimum absolute atomic E-state index is 0.0615. The van der Waals surface area contributed by atoms with Gasteiger partial charge < -0.3 is 15.4 Å². The van der Waals surface area contributed by atoms with Gasteiger partial charge in [-0.15, -0.1) is 0 Å². The van der Waals surface area contributed by atoms with Crippen LogP contribution in [0.5, 0.6) is 5.75 Å². The lowest BCUT2D eigenvalue weighted by molar-refractivity contribution is -0.118. The highest BCUT2D eigenvalue weighted by Gasteiger charge is 2.04. The lowest BCUT2D eigenvalue weighted by Gasteiger charge is -2.08. The molecule has 2 N–H and O–H groups in total. The molecule has 0 spiro atoms. The van der Waals surface area contributed by atoms with Crippen LogP contribution in [0.4, 0.5) is 11.4 Å². The molecular weight excluding hydrogens is 395 g/mol. The maximum absolute atomic E-state index is 11.8. The Morgan fingerprint density at radius 3 is 2.05 bits per heavy atom. The van der Waals surface area contributed by atoms with E-state index >= 15 is 0 Å². The van der Waals surface area contributed by atoms with Gasteiger partial charge in [0.1, 0.15) is 5.75 Å². The van der Waals surface area contributed by atoms with E-state index in [0.717, 1.165) is 3.57 Å². The van der Waals surface area contributed by atoms with E-state index in [0.29, 0.717) is 17.1 Å². The van der Waals surface area contributed by atoms with Crippen molar-refractivity contribution in [1.82, 2.24) is 0 Å². The summed E-state index contributed by atoms with van der Waals surface area (Å²) in [6, 6.07) is 14.3. The van der Waals surface area contributed by atoms with E-state index in [-0.39, 0.29) is 18.4 Å². The van der Waals surface area contributed by atoms with Crippen LogP contribution < -0.4 is 15.4 Å². The molecule has 0 saturated heterocycles. The SMILES string of the molecule is CC(=O)Nc1ccc(NC(=O)COc2ccc(I)cc2)cc1. The second kappa shape index (κ2) is 7.79. The van der Waals surface area contributed by atoms with Crippen LogP contribution in [-0.4, -0.2) is 18.4 Å². The maximum atomic E-state index is 11.8. The Kier molecular flexibility index (Phi) is 5.76. The van der Waals surface area contributed by atoms with Gasteiger partial charge >= 0.3 is 0 Å². The number of rotatable bonds is 5. The first kappa shape index (κ1) is 16.3. The van der Waals surface area contributed by atoms with Crippen molar-refractivity contribution in [3.63, 3.8) is 0 Å². The van der Waals surface area contributed by atoms with Crippen LogP contribution >= 0.6 is 22.6 Å². The summed E-state index contributed by atoms with van der Waals surface area (Å²) in [5.41, 5.74) is 1.32. The molecule has 2 amide bonds. The largest absolute Gasteiger partial charge is 0.484 e. The number of carbonyl (C=O) groups excluding carboxylic acids is 2. The predicted molar refractivity (Wildman–Crippen MR) is 94.0 cm³/mol. The summed E-state index contributed by atoms with van der Waals surface area (Å²) in [6.45, 7) is 1.38. The molecule has 114 valence electrons. The van der Waals surface area contributed by atoms with Crippen molar-refractivity contribution in [2.45, 2.75) is 6.92 Å². The highest BCUT2D eigenvalue weighted by Crippen LogP contribution is 2.15. The number of carbonyl (C=O) groups is 2. The molecule has 0 bridgehead atoms. The molecule has 6 heteroatoms. The van der Waals surface area contributed by atoms with E-state index in [1.165, 1.54) is 6.92 Å². The number of hydrogen-bond acceptors (Lipinski definition) is 3. The number of ether oxygens (including phenoxy) is 1. The van der Waals surface area contributed by atoms with Gasteiger partial charge in [0.2, 0.25) is 5.91 Å². The molecule has 0 heterocycles. The van der Waals surface area contributed by atoms with Crippen LogP contribution in [0.25, 0.3) is 0 Å². The average molecular weight is 410 g/mol. The summed E-state index contributed by atoms with van der Waals surface area (Å²) < 4.78 is 6.50. The number of amides is 2. The van der Waals surface area contributed by atoms with Crippen LogP contribution in [0.15, 0.2) is 48.5 Å². The van der Waals surface area contributed by atoms with E-state index in [2.05, 4.69) is 33.2 Å². The summed E-state index contributed by atoms with van der Waals surface area (Å²) in [5.74, 6) is 0.269. The first-order valence-corrected chi connectivity index (χ1v) is 7.67. The van der Waals surface area contributed by atoms with Crippen LogP contribution in [0.1, 0.15) is 6.92 Å². The molecule has 0 fully saturated rings. The van der Waals surface area contributed by atoms with E-state index in [1.807, 2.05) is 24.3 Å². The zero-order valence-corrected chi connectivity index (χ0v) is 14.1. The summed E-state index contributed by atoms with van der Waals surface area (Å²) in [5, 5.41) is 5.39. The monoisotopic (exact) mass is 410 g/mol. The molecule has 0 aliphatic heterocycles. The first-order chi connectivity index (χ1) is 10.5. The second-order valence-corrected chi connectivity index (χ2v) is 5.79. The molecule has 0 aliphatic carbocycles. The highest BCUT2D eigenvalue weighted by molar-refractivity contribution is 14.1. The first-order valence-electron chi connectivity index (χ1n) is 6.59. The number of hydrogen-bond donors (Lipinski definition) is 2. The van der Waals surface area contributed by atoms with Gasteiger partial charge in [-0.25, -0.2) is 0 Å². The Labute approximate surface area is 142 Å². The fraction of sp³-hybridized carbons (Fsp3) is 0.125. The van der Waals surface area contributed by atoms with Gasteiger partial charge in [-0.1, -0.05) is 0 Å². The molecule has 2 rings (SSSR count). The van der Waals surface area contributed by atoms with Gasteiger partial charge in [-0.05, 0) is 71.1 Å².